The highest BCUT2D eigenvalue weighted by Gasteiger charge is 2.36. The van der Waals surface area contributed by atoms with Gasteiger partial charge >= 0.3 is 11.9 Å². The first-order chi connectivity index (χ1) is 13.7. The predicted octanol–water partition coefficient (Wildman–Crippen LogP) is 4.46. The van der Waals surface area contributed by atoms with Crippen LogP contribution < -0.4 is 0 Å². The van der Waals surface area contributed by atoms with E-state index in [9.17, 15) is 14.7 Å². The molecule has 0 fully saturated rings. The van der Waals surface area contributed by atoms with Gasteiger partial charge in [0.25, 0.3) is 0 Å². The molecule has 0 radical (unpaired) electrons. The Balaban J connectivity index is 2.45. The molecule has 0 aliphatic heterocycles. The van der Waals surface area contributed by atoms with Gasteiger partial charge in [0.2, 0.25) is 0 Å². The molecule has 1 aliphatic rings. The fourth-order valence-corrected chi connectivity index (χ4v) is 3.74. The Morgan fingerprint density at radius 3 is 2.34 bits per heavy atom. The van der Waals surface area contributed by atoms with Crippen LogP contribution in [0.4, 0.5) is 0 Å². The van der Waals surface area contributed by atoms with Gasteiger partial charge in [-0.05, 0) is 50.0 Å². The molecule has 2 rings (SSSR count). The standard InChI is InChI=1S/C24H32O5/c1-15(2)23-21(29-24(27)19-9-7-6-8-10-19)13-16(3)11-12-20(26)17(4)14-22(23)28-18(5)25/h6-11,14-15,20-23,26H,12-13H2,1-5H3/b16-11+,17-14+/t20-,21+,22+,23-/m1/s1. The zero-order valence-corrected chi connectivity index (χ0v) is 17.9. The molecular formula is C24H32O5. The third kappa shape index (κ3) is 6.57. The molecule has 0 unspecified atom stereocenters. The largest absolute Gasteiger partial charge is 0.458 e. The van der Waals surface area contributed by atoms with Gasteiger partial charge in [0.15, 0.2) is 0 Å². The maximum Gasteiger partial charge on any atom is 0.338 e. The fourth-order valence-electron chi connectivity index (χ4n) is 3.74. The summed E-state index contributed by atoms with van der Waals surface area (Å²) < 4.78 is 11.6. The number of aliphatic hydroxyl groups excluding tert-OH is 1. The number of benzene rings is 1. The van der Waals surface area contributed by atoms with Gasteiger partial charge in [0.1, 0.15) is 12.2 Å². The topological polar surface area (TPSA) is 72.8 Å². The summed E-state index contributed by atoms with van der Waals surface area (Å²) in [6, 6.07) is 8.88. The average Bonchev–Trinajstić information content (AvgIpc) is 2.65. The molecule has 0 amide bonds. The second-order valence-electron chi connectivity index (χ2n) is 8.12. The molecule has 0 saturated heterocycles. The van der Waals surface area contributed by atoms with Crippen LogP contribution in [-0.4, -0.2) is 35.4 Å². The Morgan fingerprint density at radius 1 is 1.10 bits per heavy atom. The van der Waals surface area contributed by atoms with Crippen molar-refractivity contribution in [2.75, 3.05) is 0 Å². The van der Waals surface area contributed by atoms with E-state index in [-0.39, 0.29) is 11.8 Å². The van der Waals surface area contributed by atoms with Crippen LogP contribution in [0.5, 0.6) is 0 Å². The number of rotatable bonds is 4. The number of carbonyl (C=O) groups excluding carboxylic acids is 2. The molecule has 29 heavy (non-hydrogen) atoms. The van der Waals surface area contributed by atoms with Gasteiger partial charge < -0.3 is 14.6 Å². The lowest BCUT2D eigenvalue weighted by Crippen LogP contribution is -2.41. The molecule has 1 aromatic carbocycles. The van der Waals surface area contributed by atoms with Crippen LogP contribution in [0.15, 0.2) is 53.6 Å². The van der Waals surface area contributed by atoms with E-state index in [0.29, 0.717) is 18.4 Å². The lowest BCUT2D eigenvalue weighted by atomic mass is 9.80. The van der Waals surface area contributed by atoms with Gasteiger partial charge in [-0.15, -0.1) is 0 Å². The second kappa shape index (κ2) is 10.4. The highest BCUT2D eigenvalue weighted by atomic mass is 16.6. The predicted molar refractivity (Wildman–Crippen MR) is 112 cm³/mol. The number of carbonyl (C=O) groups is 2. The molecule has 0 saturated carbocycles. The van der Waals surface area contributed by atoms with Crippen molar-refractivity contribution in [1.29, 1.82) is 0 Å². The van der Waals surface area contributed by atoms with Crippen molar-refractivity contribution in [2.24, 2.45) is 11.8 Å². The van der Waals surface area contributed by atoms with Gasteiger partial charge in [0.05, 0.1) is 11.7 Å². The van der Waals surface area contributed by atoms with Gasteiger partial charge in [0, 0.05) is 19.3 Å². The van der Waals surface area contributed by atoms with Gasteiger partial charge in [-0.1, -0.05) is 43.7 Å². The van der Waals surface area contributed by atoms with Crippen molar-refractivity contribution in [3.63, 3.8) is 0 Å². The molecule has 0 heterocycles. The summed E-state index contributed by atoms with van der Waals surface area (Å²) in [5, 5.41) is 10.4. The molecule has 0 aromatic heterocycles. The Hall–Kier alpha value is -2.40. The van der Waals surface area contributed by atoms with E-state index in [2.05, 4.69) is 0 Å². The fraction of sp³-hybridized carbons (Fsp3) is 0.500. The first-order valence-electron chi connectivity index (χ1n) is 10.1. The van der Waals surface area contributed by atoms with Crippen molar-refractivity contribution in [2.45, 2.75) is 65.8 Å². The molecule has 5 heteroatoms. The van der Waals surface area contributed by atoms with Crippen LogP contribution in [0.25, 0.3) is 0 Å². The van der Waals surface area contributed by atoms with Crippen LogP contribution in [0.1, 0.15) is 57.8 Å². The number of ether oxygens (including phenoxy) is 2. The Labute approximate surface area is 173 Å². The van der Waals surface area contributed by atoms with Crippen LogP contribution in [0.3, 0.4) is 0 Å². The van der Waals surface area contributed by atoms with E-state index in [1.165, 1.54) is 6.92 Å². The molecule has 0 spiro atoms. The zero-order valence-electron chi connectivity index (χ0n) is 17.9. The van der Waals surface area contributed by atoms with E-state index in [1.807, 2.05) is 39.8 Å². The van der Waals surface area contributed by atoms with Gasteiger partial charge in [-0.2, -0.15) is 0 Å². The maximum atomic E-state index is 12.8. The molecule has 1 N–H and O–H groups in total. The lowest BCUT2D eigenvalue weighted by Gasteiger charge is -2.35. The summed E-state index contributed by atoms with van der Waals surface area (Å²) in [6.07, 6.45) is 3.05. The molecule has 0 bridgehead atoms. The van der Waals surface area contributed by atoms with Crippen LogP contribution >= 0.6 is 0 Å². The summed E-state index contributed by atoms with van der Waals surface area (Å²) in [7, 11) is 0. The Morgan fingerprint density at radius 2 is 1.76 bits per heavy atom. The Kier molecular flexibility index (Phi) is 8.21. The summed E-state index contributed by atoms with van der Waals surface area (Å²) in [6.45, 7) is 9.21. The van der Waals surface area contributed by atoms with E-state index >= 15 is 0 Å². The van der Waals surface area contributed by atoms with E-state index in [1.54, 1.807) is 30.3 Å². The quantitative estimate of drug-likeness (QED) is 0.597. The molecule has 5 nitrogen and oxygen atoms in total. The van der Waals surface area contributed by atoms with Crippen LogP contribution in [0, 0.1) is 11.8 Å². The highest BCUT2D eigenvalue weighted by Crippen LogP contribution is 2.32. The first-order valence-corrected chi connectivity index (χ1v) is 10.1. The maximum absolute atomic E-state index is 12.8. The normalized spacial score (nSPS) is 29.2. The number of esters is 2. The zero-order chi connectivity index (χ0) is 21.6. The van der Waals surface area contributed by atoms with Crippen LogP contribution in [-0.2, 0) is 14.3 Å². The van der Waals surface area contributed by atoms with Crippen molar-refractivity contribution >= 4 is 11.9 Å². The van der Waals surface area contributed by atoms with E-state index in [4.69, 9.17) is 9.47 Å². The molecular weight excluding hydrogens is 368 g/mol. The van der Waals surface area contributed by atoms with Crippen molar-refractivity contribution in [1.82, 2.24) is 0 Å². The van der Waals surface area contributed by atoms with E-state index in [0.717, 1.165) is 11.1 Å². The molecule has 1 aromatic rings. The van der Waals surface area contributed by atoms with Gasteiger partial charge in [-0.3, -0.25) is 4.79 Å². The minimum atomic E-state index is -0.640. The summed E-state index contributed by atoms with van der Waals surface area (Å²) in [4.78, 5) is 24.6. The van der Waals surface area contributed by atoms with Crippen molar-refractivity contribution in [3.8, 4) is 0 Å². The number of hydrogen-bond donors (Lipinski definition) is 1. The third-order valence-corrected chi connectivity index (χ3v) is 5.31. The van der Waals surface area contributed by atoms with Crippen molar-refractivity contribution < 1.29 is 24.2 Å². The summed E-state index contributed by atoms with van der Waals surface area (Å²) >= 11 is 0. The average molecular weight is 401 g/mol. The van der Waals surface area contributed by atoms with Gasteiger partial charge in [-0.25, -0.2) is 4.79 Å². The van der Waals surface area contributed by atoms with E-state index < -0.39 is 30.3 Å². The highest BCUT2D eigenvalue weighted by molar-refractivity contribution is 5.89. The third-order valence-electron chi connectivity index (χ3n) is 5.31. The smallest absolute Gasteiger partial charge is 0.338 e. The van der Waals surface area contributed by atoms with Crippen LogP contribution in [0.2, 0.25) is 0 Å². The SMILES string of the molecule is CC(=O)O[C@H]1/C=C(\C)[C@H](O)C/C=C(\C)C[C@H](OC(=O)c2ccccc2)[C@H]1C(C)C. The minimum absolute atomic E-state index is 0.0707. The summed E-state index contributed by atoms with van der Waals surface area (Å²) in [5.74, 6) is -0.985. The molecule has 1 aliphatic carbocycles. The first kappa shape index (κ1) is 22.9. The monoisotopic (exact) mass is 400 g/mol. The number of hydrogen-bond acceptors (Lipinski definition) is 5. The molecule has 4 atom stereocenters. The second-order valence-corrected chi connectivity index (χ2v) is 8.12. The van der Waals surface area contributed by atoms with Crippen molar-refractivity contribution in [3.05, 3.63) is 59.2 Å². The number of aliphatic hydroxyl groups is 1. The molecule has 158 valence electrons. The minimum Gasteiger partial charge on any atom is -0.458 e. The Bertz CT molecular complexity index is 763. The summed E-state index contributed by atoms with van der Waals surface area (Å²) in [5.41, 5.74) is 2.25. The lowest BCUT2D eigenvalue weighted by molar-refractivity contribution is -0.149.